The van der Waals surface area contributed by atoms with Crippen molar-refractivity contribution in [2.75, 3.05) is 6.54 Å². The summed E-state index contributed by atoms with van der Waals surface area (Å²) in [5.74, 6) is -0.0478. The Morgan fingerprint density at radius 1 is 1.30 bits per heavy atom. The summed E-state index contributed by atoms with van der Waals surface area (Å²) in [6.07, 6.45) is 6.14. The Morgan fingerprint density at radius 3 is 2.74 bits per heavy atom. The number of hydrogen-bond acceptors (Lipinski definition) is 4. The molecule has 0 aliphatic heterocycles. The smallest absolute Gasteiger partial charge is 0.241 e. The molecule has 122 valence electrons. The first-order chi connectivity index (χ1) is 11.1. The fourth-order valence-electron chi connectivity index (χ4n) is 3.73. The third kappa shape index (κ3) is 3.41. The molecule has 6 heteroatoms. The summed E-state index contributed by atoms with van der Waals surface area (Å²) in [5, 5.41) is 13.9. The number of benzene rings is 1. The van der Waals surface area contributed by atoms with Crippen molar-refractivity contribution in [1.82, 2.24) is 25.5 Å². The Labute approximate surface area is 136 Å². The van der Waals surface area contributed by atoms with Gasteiger partial charge in [-0.2, -0.15) is 0 Å². The molecule has 1 amide bonds. The standard InChI is InChI=1S/C17H23N5O/c1-13-5-6-15(14(2)9-13)17(7-3-4-8-17)11-18-16(23)10-22-12-19-20-21-22/h5-6,9,12H,3-4,7-8,10-11H2,1-2H3,(H,18,23). The molecule has 1 saturated carbocycles. The second kappa shape index (κ2) is 6.48. The number of carbonyl (C=O) groups is 1. The third-order valence-electron chi connectivity index (χ3n) is 4.83. The van der Waals surface area contributed by atoms with Crippen molar-refractivity contribution in [2.24, 2.45) is 0 Å². The quantitative estimate of drug-likeness (QED) is 0.915. The highest BCUT2D eigenvalue weighted by Gasteiger charge is 2.36. The Hall–Kier alpha value is -2.24. The van der Waals surface area contributed by atoms with Crippen molar-refractivity contribution in [3.63, 3.8) is 0 Å². The number of amides is 1. The minimum absolute atomic E-state index is 0.0478. The average Bonchev–Trinajstić information content (AvgIpc) is 3.17. The van der Waals surface area contributed by atoms with Gasteiger partial charge in [-0.15, -0.1) is 5.10 Å². The Balaban J connectivity index is 1.72. The first kappa shape index (κ1) is 15.6. The van der Waals surface area contributed by atoms with Crippen molar-refractivity contribution in [3.8, 4) is 0 Å². The van der Waals surface area contributed by atoms with Crippen LogP contribution in [0.15, 0.2) is 24.5 Å². The summed E-state index contributed by atoms with van der Waals surface area (Å²) >= 11 is 0. The van der Waals surface area contributed by atoms with E-state index in [9.17, 15) is 4.79 Å². The minimum Gasteiger partial charge on any atom is -0.354 e. The van der Waals surface area contributed by atoms with Crippen molar-refractivity contribution in [3.05, 3.63) is 41.2 Å². The van der Waals surface area contributed by atoms with Crippen LogP contribution in [0.4, 0.5) is 0 Å². The van der Waals surface area contributed by atoms with E-state index >= 15 is 0 Å². The fourth-order valence-corrected chi connectivity index (χ4v) is 3.73. The second-order valence-corrected chi connectivity index (χ2v) is 6.59. The van der Waals surface area contributed by atoms with E-state index in [2.05, 4.69) is 52.9 Å². The van der Waals surface area contributed by atoms with E-state index in [1.165, 1.54) is 40.5 Å². The van der Waals surface area contributed by atoms with E-state index in [4.69, 9.17) is 0 Å². The molecule has 0 radical (unpaired) electrons. The van der Waals surface area contributed by atoms with E-state index in [1.54, 1.807) is 0 Å². The second-order valence-electron chi connectivity index (χ2n) is 6.59. The lowest BCUT2D eigenvalue weighted by Crippen LogP contribution is -2.40. The van der Waals surface area contributed by atoms with Gasteiger partial charge in [0.05, 0.1) is 0 Å². The summed E-state index contributed by atoms with van der Waals surface area (Å²) < 4.78 is 1.44. The van der Waals surface area contributed by atoms with Crippen molar-refractivity contribution >= 4 is 5.91 Å². The largest absolute Gasteiger partial charge is 0.354 e. The lowest BCUT2D eigenvalue weighted by atomic mass is 9.76. The molecule has 1 aliphatic carbocycles. The summed E-state index contributed by atoms with van der Waals surface area (Å²) in [6, 6.07) is 6.65. The molecule has 0 bridgehead atoms. The summed E-state index contributed by atoms with van der Waals surface area (Å²) in [6.45, 7) is 5.13. The maximum Gasteiger partial charge on any atom is 0.241 e. The number of nitrogens with one attached hydrogen (secondary N) is 1. The zero-order chi connectivity index (χ0) is 16.3. The van der Waals surface area contributed by atoms with E-state index in [0.29, 0.717) is 6.54 Å². The number of aromatic nitrogens is 4. The van der Waals surface area contributed by atoms with E-state index in [-0.39, 0.29) is 17.9 Å². The number of nitrogens with zero attached hydrogens (tertiary/aromatic N) is 4. The molecule has 1 aliphatic rings. The first-order valence-electron chi connectivity index (χ1n) is 8.14. The normalized spacial score (nSPS) is 16.4. The zero-order valence-electron chi connectivity index (χ0n) is 13.7. The molecule has 0 atom stereocenters. The van der Waals surface area contributed by atoms with Crippen LogP contribution in [-0.4, -0.2) is 32.7 Å². The topological polar surface area (TPSA) is 72.7 Å². The van der Waals surface area contributed by atoms with Crippen molar-refractivity contribution < 1.29 is 4.79 Å². The molecule has 1 N–H and O–H groups in total. The predicted octanol–water partition coefficient (Wildman–Crippen LogP) is 1.92. The molecule has 0 saturated heterocycles. The third-order valence-corrected chi connectivity index (χ3v) is 4.83. The molecule has 1 aromatic carbocycles. The van der Waals surface area contributed by atoms with Gasteiger partial charge in [-0.3, -0.25) is 4.79 Å². The average molecular weight is 313 g/mol. The summed E-state index contributed by atoms with van der Waals surface area (Å²) in [4.78, 5) is 12.2. The molecular weight excluding hydrogens is 290 g/mol. The highest BCUT2D eigenvalue weighted by atomic mass is 16.2. The van der Waals surface area contributed by atoms with Gasteiger partial charge in [0.25, 0.3) is 0 Å². The van der Waals surface area contributed by atoms with Gasteiger partial charge in [-0.1, -0.05) is 36.6 Å². The molecule has 23 heavy (non-hydrogen) atoms. The Bertz CT molecular complexity index is 674. The molecule has 0 unspecified atom stereocenters. The Kier molecular flexibility index (Phi) is 4.41. The lowest BCUT2D eigenvalue weighted by Gasteiger charge is -2.31. The van der Waals surface area contributed by atoms with Crippen LogP contribution in [0.3, 0.4) is 0 Å². The minimum atomic E-state index is -0.0478. The highest BCUT2D eigenvalue weighted by molar-refractivity contribution is 5.75. The summed E-state index contributed by atoms with van der Waals surface area (Å²) in [7, 11) is 0. The van der Waals surface area contributed by atoms with Crippen molar-refractivity contribution in [1.29, 1.82) is 0 Å². The van der Waals surface area contributed by atoms with E-state index in [0.717, 1.165) is 12.8 Å². The molecule has 1 fully saturated rings. The van der Waals surface area contributed by atoms with E-state index in [1.807, 2.05) is 0 Å². The van der Waals surface area contributed by atoms with Crippen LogP contribution in [0.2, 0.25) is 0 Å². The molecule has 2 aromatic rings. The number of carbonyl (C=O) groups excluding carboxylic acids is 1. The molecule has 0 spiro atoms. The van der Waals surface area contributed by atoms with Crippen LogP contribution >= 0.6 is 0 Å². The van der Waals surface area contributed by atoms with Crippen LogP contribution in [0, 0.1) is 13.8 Å². The van der Waals surface area contributed by atoms with Crippen LogP contribution < -0.4 is 5.32 Å². The molecule has 6 nitrogen and oxygen atoms in total. The van der Waals surface area contributed by atoms with Gasteiger partial charge in [-0.05, 0) is 48.2 Å². The van der Waals surface area contributed by atoms with Gasteiger partial charge in [0.15, 0.2) is 0 Å². The fraction of sp³-hybridized carbons (Fsp3) is 0.529. The number of rotatable bonds is 5. The monoisotopic (exact) mass is 313 g/mol. The van der Waals surface area contributed by atoms with Gasteiger partial charge in [0.1, 0.15) is 12.9 Å². The summed E-state index contributed by atoms with van der Waals surface area (Å²) in [5.41, 5.74) is 4.04. The van der Waals surface area contributed by atoms with E-state index < -0.39 is 0 Å². The maximum absolute atomic E-state index is 12.2. The first-order valence-corrected chi connectivity index (χ1v) is 8.14. The van der Waals surface area contributed by atoms with Crippen molar-refractivity contribution in [2.45, 2.75) is 51.5 Å². The molecule has 3 rings (SSSR count). The number of tetrazole rings is 1. The van der Waals surface area contributed by atoms with Crippen LogP contribution in [0.5, 0.6) is 0 Å². The maximum atomic E-state index is 12.2. The SMILES string of the molecule is Cc1ccc(C2(CNC(=O)Cn3cnnn3)CCCC2)c(C)c1. The van der Waals surface area contributed by atoms with Gasteiger partial charge >= 0.3 is 0 Å². The molecule has 1 heterocycles. The zero-order valence-corrected chi connectivity index (χ0v) is 13.7. The predicted molar refractivity (Wildman–Crippen MR) is 86.9 cm³/mol. The van der Waals surface area contributed by atoms with Gasteiger partial charge < -0.3 is 5.32 Å². The van der Waals surface area contributed by atoms with Crippen LogP contribution in [-0.2, 0) is 16.8 Å². The van der Waals surface area contributed by atoms with Crippen LogP contribution in [0.1, 0.15) is 42.4 Å². The number of hydrogen-bond donors (Lipinski definition) is 1. The van der Waals surface area contributed by atoms with Gasteiger partial charge in [0.2, 0.25) is 5.91 Å². The molecular formula is C17H23N5O. The highest BCUT2D eigenvalue weighted by Crippen LogP contribution is 2.42. The van der Waals surface area contributed by atoms with Crippen LogP contribution in [0.25, 0.3) is 0 Å². The molecule has 1 aromatic heterocycles. The number of aryl methyl sites for hydroxylation is 2. The van der Waals surface area contributed by atoms with Gasteiger partial charge in [-0.25, -0.2) is 4.68 Å². The Morgan fingerprint density at radius 2 is 2.09 bits per heavy atom. The lowest BCUT2D eigenvalue weighted by molar-refractivity contribution is -0.122. The van der Waals surface area contributed by atoms with Gasteiger partial charge in [0, 0.05) is 12.0 Å².